The standard InChI is InChI=1S/C20H15ClN2O5/c21-16-5-8-19(18(12-16)23(25)26)28-17-6-3-15(4-7-17)20(24)27-11-9-14-2-1-10-22-13-14/h1-8,10,12-13H,9,11H2. The predicted octanol–water partition coefficient (Wildman–Crippen LogP) is 4.84. The zero-order chi connectivity index (χ0) is 19.9. The highest BCUT2D eigenvalue weighted by Gasteiger charge is 2.17. The van der Waals surface area contributed by atoms with Gasteiger partial charge in [-0.15, -0.1) is 0 Å². The maximum atomic E-state index is 12.1. The van der Waals surface area contributed by atoms with E-state index in [1.54, 1.807) is 12.4 Å². The number of aromatic nitrogens is 1. The fraction of sp³-hybridized carbons (Fsp3) is 0.100. The summed E-state index contributed by atoms with van der Waals surface area (Å²) in [5, 5.41) is 11.4. The van der Waals surface area contributed by atoms with E-state index in [4.69, 9.17) is 21.1 Å². The highest BCUT2D eigenvalue weighted by molar-refractivity contribution is 6.30. The molecule has 28 heavy (non-hydrogen) atoms. The molecule has 7 nitrogen and oxygen atoms in total. The number of rotatable bonds is 7. The molecule has 1 heterocycles. The number of carbonyl (C=O) groups excluding carboxylic acids is 1. The summed E-state index contributed by atoms with van der Waals surface area (Å²) >= 11 is 5.79. The number of benzene rings is 2. The average molecular weight is 399 g/mol. The van der Waals surface area contributed by atoms with Gasteiger partial charge in [-0.05, 0) is 48.0 Å². The van der Waals surface area contributed by atoms with Crippen molar-refractivity contribution < 1.29 is 19.2 Å². The molecule has 0 fully saturated rings. The van der Waals surface area contributed by atoms with Gasteiger partial charge in [0.1, 0.15) is 5.75 Å². The second-order valence-corrected chi connectivity index (χ2v) is 6.18. The van der Waals surface area contributed by atoms with Gasteiger partial charge < -0.3 is 9.47 Å². The number of pyridine rings is 1. The van der Waals surface area contributed by atoms with E-state index in [-0.39, 0.29) is 23.1 Å². The maximum Gasteiger partial charge on any atom is 0.338 e. The molecule has 0 unspecified atom stereocenters. The molecule has 0 saturated carbocycles. The van der Waals surface area contributed by atoms with Crippen LogP contribution in [0.1, 0.15) is 15.9 Å². The molecule has 2 aromatic carbocycles. The molecule has 0 amide bonds. The lowest BCUT2D eigenvalue weighted by Crippen LogP contribution is -2.08. The van der Waals surface area contributed by atoms with E-state index in [1.807, 2.05) is 12.1 Å². The van der Waals surface area contributed by atoms with E-state index in [1.165, 1.54) is 42.5 Å². The van der Waals surface area contributed by atoms with Gasteiger partial charge in [0.25, 0.3) is 0 Å². The van der Waals surface area contributed by atoms with Gasteiger partial charge in [-0.25, -0.2) is 4.79 Å². The first-order valence-electron chi connectivity index (χ1n) is 8.31. The SMILES string of the molecule is O=C(OCCc1cccnc1)c1ccc(Oc2ccc(Cl)cc2[N+](=O)[O-])cc1. The van der Waals surface area contributed by atoms with Crippen molar-refractivity contribution in [2.45, 2.75) is 6.42 Å². The molecule has 0 N–H and O–H groups in total. The summed E-state index contributed by atoms with van der Waals surface area (Å²) in [4.78, 5) is 26.6. The van der Waals surface area contributed by atoms with Crippen LogP contribution in [0, 0.1) is 10.1 Å². The number of nitro benzene ring substituents is 1. The minimum Gasteiger partial charge on any atom is -0.462 e. The Balaban J connectivity index is 1.60. The number of halogens is 1. The summed E-state index contributed by atoms with van der Waals surface area (Å²) in [6.07, 6.45) is 3.97. The lowest BCUT2D eigenvalue weighted by molar-refractivity contribution is -0.385. The van der Waals surface area contributed by atoms with Gasteiger partial charge in [0.15, 0.2) is 0 Å². The Morgan fingerprint density at radius 3 is 2.61 bits per heavy atom. The number of nitro groups is 1. The van der Waals surface area contributed by atoms with Gasteiger partial charge in [0.2, 0.25) is 5.75 Å². The van der Waals surface area contributed by atoms with Crippen LogP contribution in [0.4, 0.5) is 5.69 Å². The lowest BCUT2D eigenvalue weighted by atomic mass is 10.2. The van der Waals surface area contributed by atoms with Crippen LogP contribution in [0.25, 0.3) is 0 Å². The van der Waals surface area contributed by atoms with Crippen molar-refractivity contribution in [3.05, 3.63) is 93.3 Å². The first-order chi connectivity index (χ1) is 13.5. The molecule has 0 saturated heterocycles. The van der Waals surface area contributed by atoms with Gasteiger partial charge >= 0.3 is 11.7 Å². The van der Waals surface area contributed by atoms with Gasteiger partial charge in [-0.1, -0.05) is 17.7 Å². The summed E-state index contributed by atoms with van der Waals surface area (Å²) in [6.45, 7) is 0.236. The van der Waals surface area contributed by atoms with Crippen LogP contribution in [0.3, 0.4) is 0 Å². The third kappa shape index (κ3) is 5.05. The Labute approximate surface area is 165 Å². The Morgan fingerprint density at radius 2 is 1.93 bits per heavy atom. The molecule has 3 rings (SSSR count). The van der Waals surface area contributed by atoms with Crippen LogP contribution in [0.15, 0.2) is 67.0 Å². The highest BCUT2D eigenvalue weighted by Crippen LogP contribution is 2.33. The van der Waals surface area contributed by atoms with Gasteiger partial charge in [-0.2, -0.15) is 0 Å². The average Bonchev–Trinajstić information content (AvgIpc) is 2.70. The largest absolute Gasteiger partial charge is 0.462 e. The number of hydrogen-bond acceptors (Lipinski definition) is 6. The van der Waals surface area contributed by atoms with E-state index < -0.39 is 10.9 Å². The Hall–Kier alpha value is -3.45. The molecule has 0 atom stereocenters. The highest BCUT2D eigenvalue weighted by atomic mass is 35.5. The molecule has 142 valence electrons. The summed E-state index contributed by atoms with van der Waals surface area (Å²) < 4.78 is 10.8. The Morgan fingerprint density at radius 1 is 1.14 bits per heavy atom. The van der Waals surface area contributed by atoms with Gasteiger partial charge in [0.05, 0.1) is 17.1 Å². The minimum atomic E-state index is -0.574. The zero-order valence-electron chi connectivity index (χ0n) is 14.6. The summed E-state index contributed by atoms with van der Waals surface area (Å²) in [5.74, 6) is -0.0635. The third-order valence-corrected chi connectivity index (χ3v) is 4.02. The van der Waals surface area contributed by atoms with Gasteiger partial charge in [0, 0.05) is 29.9 Å². The van der Waals surface area contributed by atoms with Crippen molar-refractivity contribution >= 4 is 23.3 Å². The first-order valence-corrected chi connectivity index (χ1v) is 8.68. The second kappa shape index (κ2) is 8.96. The smallest absolute Gasteiger partial charge is 0.338 e. The number of hydrogen-bond donors (Lipinski definition) is 0. The van der Waals surface area contributed by atoms with Crippen LogP contribution in [0.2, 0.25) is 5.02 Å². The Bertz CT molecular complexity index is 978. The predicted molar refractivity (Wildman–Crippen MR) is 103 cm³/mol. The van der Waals surface area contributed by atoms with Crippen LogP contribution in [-0.2, 0) is 11.2 Å². The van der Waals surface area contributed by atoms with Crippen molar-refractivity contribution in [2.24, 2.45) is 0 Å². The van der Waals surface area contributed by atoms with E-state index in [0.29, 0.717) is 17.7 Å². The number of carbonyl (C=O) groups is 1. The van der Waals surface area contributed by atoms with Crippen LogP contribution in [-0.4, -0.2) is 22.5 Å². The molecule has 0 spiro atoms. The number of ether oxygens (including phenoxy) is 2. The molecule has 0 aliphatic carbocycles. The van der Waals surface area contributed by atoms with Crippen LogP contribution >= 0.6 is 11.6 Å². The summed E-state index contributed by atoms with van der Waals surface area (Å²) in [5.41, 5.74) is 1.08. The lowest BCUT2D eigenvalue weighted by Gasteiger charge is -2.08. The summed E-state index contributed by atoms with van der Waals surface area (Å²) in [6, 6.07) is 14.0. The molecule has 0 aliphatic heterocycles. The molecule has 0 aliphatic rings. The normalized spacial score (nSPS) is 10.3. The van der Waals surface area contributed by atoms with Crippen molar-refractivity contribution in [2.75, 3.05) is 6.61 Å². The third-order valence-electron chi connectivity index (χ3n) is 3.78. The molecule has 0 radical (unpaired) electrons. The van der Waals surface area contributed by atoms with E-state index in [9.17, 15) is 14.9 Å². The number of nitrogens with zero attached hydrogens (tertiary/aromatic N) is 2. The topological polar surface area (TPSA) is 91.6 Å². The van der Waals surface area contributed by atoms with Crippen molar-refractivity contribution in [1.82, 2.24) is 4.98 Å². The van der Waals surface area contributed by atoms with Crippen molar-refractivity contribution in [3.8, 4) is 11.5 Å². The molecular weight excluding hydrogens is 384 g/mol. The fourth-order valence-corrected chi connectivity index (χ4v) is 2.56. The molecule has 1 aromatic heterocycles. The maximum absolute atomic E-state index is 12.1. The van der Waals surface area contributed by atoms with Gasteiger partial charge in [-0.3, -0.25) is 15.1 Å². The molecular formula is C20H15ClN2O5. The minimum absolute atomic E-state index is 0.0567. The monoisotopic (exact) mass is 398 g/mol. The quantitative estimate of drug-likeness (QED) is 0.321. The van der Waals surface area contributed by atoms with Crippen molar-refractivity contribution in [1.29, 1.82) is 0 Å². The first kappa shape index (κ1) is 19.3. The fourth-order valence-electron chi connectivity index (χ4n) is 2.40. The molecule has 0 bridgehead atoms. The molecule has 3 aromatic rings. The number of esters is 1. The zero-order valence-corrected chi connectivity index (χ0v) is 15.3. The van der Waals surface area contributed by atoms with E-state index >= 15 is 0 Å². The van der Waals surface area contributed by atoms with Crippen LogP contribution in [0.5, 0.6) is 11.5 Å². The second-order valence-electron chi connectivity index (χ2n) is 5.74. The Kier molecular flexibility index (Phi) is 6.18. The summed E-state index contributed by atoms with van der Waals surface area (Å²) in [7, 11) is 0. The molecule has 8 heteroatoms. The van der Waals surface area contributed by atoms with E-state index in [2.05, 4.69) is 4.98 Å². The van der Waals surface area contributed by atoms with Crippen LogP contribution < -0.4 is 4.74 Å². The van der Waals surface area contributed by atoms with Crippen molar-refractivity contribution in [3.63, 3.8) is 0 Å². The van der Waals surface area contributed by atoms with E-state index in [0.717, 1.165) is 5.56 Å².